The van der Waals surface area contributed by atoms with Gasteiger partial charge in [-0.15, -0.1) is 0 Å². The largest absolute Gasteiger partial charge is 0.383 e. The number of nitrogens with zero attached hydrogens (tertiary/aromatic N) is 2. The van der Waals surface area contributed by atoms with E-state index < -0.39 is 0 Å². The fourth-order valence-electron chi connectivity index (χ4n) is 2.54. The van der Waals surface area contributed by atoms with E-state index in [0.717, 1.165) is 32.7 Å². The predicted octanol–water partition coefficient (Wildman–Crippen LogP) is 0.378. The Morgan fingerprint density at radius 3 is 2.56 bits per heavy atom. The zero-order valence-corrected chi connectivity index (χ0v) is 11.0. The van der Waals surface area contributed by atoms with Gasteiger partial charge in [0.05, 0.1) is 12.1 Å². The molecule has 1 aliphatic heterocycles. The Hall–Kier alpha value is -0.160. The van der Waals surface area contributed by atoms with Gasteiger partial charge in [-0.05, 0) is 26.4 Å². The molecule has 0 aromatic heterocycles. The highest BCUT2D eigenvalue weighted by Crippen LogP contribution is 2.21. The summed E-state index contributed by atoms with van der Waals surface area (Å²) in [5.74, 6) is 0. The molecule has 0 saturated carbocycles. The molecular formula is C12H27N3O. The highest BCUT2D eigenvalue weighted by molar-refractivity contribution is 4.92. The zero-order valence-electron chi connectivity index (χ0n) is 11.0. The Balaban J connectivity index is 2.68. The van der Waals surface area contributed by atoms with Gasteiger partial charge >= 0.3 is 0 Å². The molecule has 1 rings (SSSR count). The number of nitrogens with two attached hydrogens (primary N) is 1. The minimum absolute atomic E-state index is 0.0416. The van der Waals surface area contributed by atoms with E-state index in [1.165, 1.54) is 13.0 Å². The molecule has 0 aromatic carbocycles. The molecule has 4 heteroatoms. The molecular weight excluding hydrogens is 202 g/mol. The van der Waals surface area contributed by atoms with Crippen LogP contribution in [0, 0.1) is 0 Å². The van der Waals surface area contributed by atoms with Crippen molar-refractivity contribution in [3.8, 4) is 0 Å². The van der Waals surface area contributed by atoms with Crippen LogP contribution in [0.5, 0.6) is 0 Å². The van der Waals surface area contributed by atoms with Crippen LogP contribution in [0.1, 0.15) is 19.8 Å². The van der Waals surface area contributed by atoms with Gasteiger partial charge in [-0.3, -0.25) is 4.90 Å². The first-order valence-electron chi connectivity index (χ1n) is 6.31. The van der Waals surface area contributed by atoms with Crippen LogP contribution in [-0.2, 0) is 4.74 Å². The Kier molecular flexibility index (Phi) is 5.69. The first-order valence-corrected chi connectivity index (χ1v) is 6.31. The first kappa shape index (κ1) is 13.9. The molecule has 0 radical (unpaired) electrons. The van der Waals surface area contributed by atoms with Crippen LogP contribution in [0.25, 0.3) is 0 Å². The number of methoxy groups -OCH3 is 1. The Labute approximate surface area is 99.7 Å². The van der Waals surface area contributed by atoms with Crippen LogP contribution >= 0.6 is 0 Å². The molecule has 0 amide bonds. The third-order valence-corrected chi connectivity index (χ3v) is 3.84. The monoisotopic (exact) mass is 229 g/mol. The van der Waals surface area contributed by atoms with Crippen molar-refractivity contribution >= 4 is 0 Å². The lowest BCUT2D eigenvalue weighted by Crippen LogP contribution is -2.57. The van der Waals surface area contributed by atoms with Crippen molar-refractivity contribution < 1.29 is 4.74 Å². The van der Waals surface area contributed by atoms with Gasteiger partial charge in [-0.2, -0.15) is 0 Å². The zero-order chi connectivity index (χ0) is 12.0. The van der Waals surface area contributed by atoms with Crippen molar-refractivity contribution in [3.63, 3.8) is 0 Å². The summed E-state index contributed by atoms with van der Waals surface area (Å²) < 4.78 is 5.37. The van der Waals surface area contributed by atoms with Crippen molar-refractivity contribution in [2.45, 2.75) is 25.3 Å². The summed E-state index contributed by atoms with van der Waals surface area (Å²) in [7, 11) is 3.96. The van der Waals surface area contributed by atoms with Gasteiger partial charge in [0.15, 0.2) is 0 Å². The van der Waals surface area contributed by atoms with Gasteiger partial charge in [0.25, 0.3) is 0 Å². The number of rotatable bonds is 5. The minimum atomic E-state index is 0.0416. The molecule has 96 valence electrons. The van der Waals surface area contributed by atoms with Crippen LogP contribution in [0.4, 0.5) is 0 Å². The first-order chi connectivity index (χ1) is 7.68. The van der Waals surface area contributed by atoms with Crippen LogP contribution in [-0.4, -0.2) is 68.8 Å². The summed E-state index contributed by atoms with van der Waals surface area (Å²) in [5.41, 5.74) is 6.03. The molecule has 1 saturated heterocycles. The maximum Gasteiger partial charge on any atom is 0.0658 e. The average Bonchev–Trinajstić information content (AvgIpc) is 2.52. The predicted molar refractivity (Wildman–Crippen MR) is 67.6 cm³/mol. The molecule has 1 atom stereocenters. The van der Waals surface area contributed by atoms with E-state index in [4.69, 9.17) is 10.5 Å². The van der Waals surface area contributed by atoms with E-state index in [0.29, 0.717) is 6.54 Å². The van der Waals surface area contributed by atoms with E-state index in [-0.39, 0.29) is 5.54 Å². The second-order valence-electron chi connectivity index (χ2n) is 4.86. The number of likely N-dealkylation sites (N-methyl/N-ethyl adjacent to an activating group) is 1. The highest BCUT2D eigenvalue weighted by Gasteiger charge is 2.34. The van der Waals surface area contributed by atoms with Crippen LogP contribution in [0.15, 0.2) is 0 Å². The van der Waals surface area contributed by atoms with Gasteiger partial charge in [-0.1, -0.05) is 6.92 Å². The maximum absolute atomic E-state index is 5.99. The molecule has 1 unspecified atom stereocenters. The van der Waals surface area contributed by atoms with E-state index in [1.807, 2.05) is 0 Å². The quantitative estimate of drug-likeness (QED) is 0.740. The summed E-state index contributed by atoms with van der Waals surface area (Å²) in [6, 6.07) is 0. The van der Waals surface area contributed by atoms with Crippen molar-refractivity contribution in [2.75, 3.05) is 53.5 Å². The minimum Gasteiger partial charge on any atom is -0.383 e. The van der Waals surface area contributed by atoms with Crippen LogP contribution in [0.3, 0.4) is 0 Å². The summed E-state index contributed by atoms with van der Waals surface area (Å²) in [6.07, 6.45) is 2.28. The van der Waals surface area contributed by atoms with Crippen LogP contribution < -0.4 is 5.73 Å². The fraction of sp³-hybridized carbons (Fsp3) is 1.00. The van der Waals surface area contributed by atoms with Crippen molar-refractivity contribution in [1.29, 1.82) is 0 Å². The lowest BCUT2D eigenvalue weighted by Gasteiger charge is -2.42. The second kappa shape index (κ2) is 6.55. The fourth-order valence-corrected chi connectivity index (χ4v) is 2.54. The molecule has 2 N–H and O–H groups in total. The lowest BCUT2D eigenvalue weighted by molar-refractivity contribution is 0.0144. The lowest BCUT2D eigenvalue weighted by atomic mass is 9.94. The van der Waals surface area contributed by atoms with Gasteiger partial charge in [-0.25, -0.2) is 0 Å². The molecule has 0 aromatic rings. The van der Waals surface area contributed by atoms with Gasteiger partial charge < -0.3 is 15.4 Å². The normalized spacial score (nSPS) is 24.0. The molecule has 1 aliphatic rings. The van der Waals surface area contributed by atoms with Gasteiger partial charge in [0.2, 0.25) is 0 Å². The van der Waals surface area contributed by atoms with E-state index in [9.17, 15) is 0 Å². The Morgan fingerprint density at radius 2 is 2.00 bits per heavy atom. The molecule has 1 fully saturated rings. The highest BCUT2D eigenvalue weighted by atomic mass is 16.5. The summed E-state index contributed by atoms with van der Waals surface area (Å²) in [6.45, 7) is 8.19. The second-order valence-corrected chi connectivity index (χ2v) is 4.86. The standard InChI is InChI=1S/C12H27N3O/c1-4-12(10-13,11-16-3)15-7-5-6-14(2)8-9-15/h4-11,13H2,1-3H3. The number of hydrogen-bond donors (Lipinski definition) is 1. The molecule has 16 heavy (non-hydrogen) atoms. The smallest absolute Gasteiger partial charge is 0.0658 e. The van der Waals surface area contributed by atoms with E-state index in [2.05, 4.69) is 23.8 Å². The van der Waals surface area contributed by atoms with Crippen molar-refractivity contribution in [1.82, 2.24) is 9.80 Å². The summed E-state index contributed by atoms with van der Waals surface area (Å²) >= 11 is 0. The number of ether oxygens (including phenoxy) is 1. The van der Waals surface area contributed by atoms with Gasteiger partial charge in [0.1, 0.15) is 0 Å². The summed E-state index contributed by atoms with van der Waals surface area (Å²) in [5, 5.41) is 0. The molecule has 1 heterocycles. The molecule has 4 nitrogen and oxygen atoms in total. The molecule has 0 spiro atoms. The maximum atomic E-state index is 5.99. The number of hydrogen-bond acceptors (Lipinski definition) is 4. The van der Waals surface area contributed by atoms with E-state index in [1.54, 1.807) is 7.11 Å². The van der Waals surface area contributed by atoms with Gasteiger partial charge in [0, 0.05) is 33.3 Å². The SMILES string of the molecule is CCC(CN)(COC)N1CCCN(C)CC1. The molecule has 0 bridgehead atoms. The topological polar surface area (TPSA) is 41.7 Å². The average molecular weight is 229 g/mol. The third kappa shape index (κ3) is 3.17. The third-order valence-electron chi connectivity index (χ3n) is 3.84. The Morgan fingerprint density at radius 1 is 1.25 bits per heavy atom. The van der Waals surface area contributed by atoms with Crippen molar-refractivity contribution in [2.24, 2.45) is 5.73 Å². The Bertz CT molecular complexity index is 195. The van der Waals surface area contributed by atoms with Crippen LogP contribution in [0.2, 0.25) is 0 Å². The van der Waals surface area contributed by atoms with E-state index >= 15 is 0 Å². The molecule has 0 aliphatic carbocycles. The summed E-state index contributed by atoms with van der Waals surface area (Å²) in [4.78, 5) is 4.92. The van der Waals surface area contributed by atoms with Crippen molar-refractivity contribution in [3.05, 3.63) is 0 Å².